The maximum atomic E-state index is 12.4. The van der Waals surface area contributed by atoms with Gasteiger partial charge in [0.2, 0.25) is 5.91 Å². The maximum absolute atomic E-state index is 12.4. The molecule has 26 heavy (non-hydrogen) atoms. The van der Waals surface area contributed by atoms with Crippen LogP contribution >= 0.6 is 0 Å². The van der Waals surface area contributed by atoms with Gasteiger partial charge < -0.3 is 15.3 Å². The van der Waals surface area contributed by atoms with Crippen LogP contribution in [0.25, 0.3) is 0 Å². The molecule has 6 nitrogen and oxygen atoms in total. The van der Waals surface area contributed by atoms with Crippen molar-refractivity contribution in [3.63, 3.8) is 0 Å². The summed E-state index contributed by atoms with van der Waals surface area (Å²) in [6.07, 6.45) is 1.51. The van der Waals surface area contributed by atoms with Crippen molar-refractivity contribution < 1.29 is 19.5 Å². The Morgan fingerprint density at radius 2 is 1.88 bits per heavy atom. The largest absolute Gasteiger partial charge is 0.478 e. The summed E-state index contributed by atoms with van der Waals surface area (Å²) in [4.78, 5) is 36.9. The number of carbonyl (C=O) groups is 3. The van der Waals surface area contributed by atoms with E-state index in [1.807, 2.05) is 17.0 Å². The highest BCUT2D eigenvalue weighted by Crippen LogP contribution is 2.18. The van der Waals surface area contributed by atoms with Gasteiger partial charge >= 0.3 is 5.97 Å². The second kappa shape index (κ2) is 7.39. The van der Waals surface area contributed by atoms with Crippen LogP contribution in [0.2, 0.25) is 0 Å². The average molecular weight is 352 g/mol. The first-order valence-electron chi connectivity index (χ1n) is 8.46. The fourth-order valence-electron chi connectivity index (χ4n) is 3.04. The number of carboxylic acids is 1. The predicted molar refractivity (Wildman–Crippen MR) is 97.2 cm³/mol. The number of carboxylic acid groups (broad SMARTS) is 1. The van der Waals surface area contributed by atoms with Crippen molar-refractivity contribution in [2.24, 2.45) is 0 Å². The molecule has 0 spiro atoms. The number of hydrogen-bond donors (Lipinski definition) is 2. The normalized spacial score (nSPS) is 13.7. The Hall–Kier alpha value is -3.15. The van der Waals surface area contributed by atoms with Crippen LogP contribution in [0.15, 0.2) is 42.5 Å². The zero-order valence-corrected chi connectivity index (χ0v) is 14.5. The first-order valence-corrected chi connectivity index (χ1v) is 8.46. The molecule has 0 saturated carbocycles. The number of likely N-dealkylation sites (tertiary alicyclic amines) is 1. The number of aryl methyl sites for hydroxylation is 1. The van der Waals surface area contributed by atoms with E-state index in [9.17, 15) is 14.4 Å². The minimum Gasteiger partial charge on any atom is -0.478 e. The number of anilines is 1. The van der Waals surface area contributed by atoms with E-state index in [1.54, 1.807) is 31.2 Å². The fraction of sp³-hybridized carbons (Fsp3) is 0.250. The molecule has 2 amide bonds. The summed E-state index contributed by atoms with van der Waals surface area (Å²) in [5, 5.41) is 11.8. The van der Waals surface area contributed by atoms with Gasteiger partial charge in [0.05, 0.1) is 5.56 Å². The third-order valence-corrected chi connectivity index (χ3v) is 4.48. The average Bonchev–Trinajstić information content (AvgIpc) is 3.00. The van der Waals surface area contributed by atoms with Gasteiger partial charge in [0.25, 0.3) is 5.91 Å². The number of carbonyl (C=O) groups excluding carboxylic acids is 2. The van der Waals surface area contributed by atoms with Gasteiger partial charge in [-0.3, -0.25) is 9.59 Å². The summed E-state index contributed by atoms with van der Waals surface area (Å²) in [5.74, 6) is -1.09. The first kappa shape index (κ1) is 17.7. The molecule has 0 unspecified atom stereocenters. The number of nitrogens with one attached hydrogen (secondary N) is 1. The van der Waals surface area contributed by atoms with Crippen LogP contribution < -0.4 is 5.32 Å². The van der Waals surface area contributed by atoms with Gasteiger partial charge in [-0.15, -0.1) is 0 Å². The summed E-state index contributed by atoms with van der Waals surface area (Å²) in [6, 6.07) is 11.8. The number of benzene rings is 2. The van der Waals surface area contributed by atoms with Crippen LogP contribution in [0.5, 0.6) is 0 Å². The molecule has 1 aliphatic heterocycles. The maximum Gasteiger partial charge on any atom is 0.335 e. The van der Waals surface area contributed by atoms with E-state index >= 15 is 0 Å². The summed E-state index contributed by atoms with van der Waals surface area (Å²) < 4.78 is 0. The van der Waals surface area contributed by atoms with Gasteiger partial charge in [0.15, 0.2) is 0 Å². The van der Waals surface area contributed by atoms with Crippen molar-refractivity contribution in [2.75, 3.05) is 11.9 Å². The third kappa shape index (κ3) is 3.91. The van der Waals surface area contributed by atoms with Gasteiger partial charge in [0, 0.05) is 30.8 Å². The quantitative estimate of drug-likeness (QED) is 0.866. The van der Waals surface area contributed by atoms with Crippen molar-refractivity contribution in [2.45, 2.75) is 26.3 Å². The Labute approximate surface area is 151 Å². The van der Waals surface area contributed by atoms with Crippen molar-refractivity contribution in [1.29, 1.82) is 0 Å². The molecular formula is C20H20N2O4. The summed E-state index contributed by atoms with van der Waals surface area (Å²) >= 11 is 0. The summed E-state index contributed by atoms with van der Waals surface area (Å²) in [6.45, 7) is 3.04. The molecule has 1 fully saturated rings. The monoisotopic (exact) mass is 352 g/mol. The van der Waals surface area contributed by atoms with Gasteiger partial charge in [-0.1, -0.05) is 12.1 Å². The van der Waals surface area contributed by atoms with E-state index in [0.29, 0.717) is 29.8 Å². The molecule has 0 aliphatic carbocycles. The number of hydrogen-bond acceptors (Lipinski definition) is 3. The van der Waals surface area contributed by atoms with E-state index in [-0.39, 0.29) is 17.4 Å². The molecule has 0 aromatic heterocycles. The molecule has 2 N–H and O–H groups in total. The standard InChI is InChI=1S/C20H20N2O4/c1-13-11-16(8-9-17(13)20(25)26)21-19(24)15-6-4-14(5-7-15)12-22-10-2-3-18(22)23/h4-9,11H,2-3,10,12H2,1H3,(H,21,24)(H,25,26). The predicted octanol–water partition coefficient (Wildman–Crippen LogP) is 3.07. The lowest BCUT2D eigenvalue weighted by atomic mass is 10.1. The number of rotatable bonds is 5. The zero-order chi connectivity index (χ0) is 18.7. The molecule has 134 valence electrons. The highest BCUT2D eigenvalue weighted by molar-refractivity contribution is 6.04. The molecule has 0 radical (unpaired) electrons. The minimum absolute atomic E-state index is 0.173. The molecular weight excluding hydrogens is 332 g/mol. The number of nitrogens with zero attached hydrogens (tertiary/aromatic N) is 1. The minimum atomic E-state index is -0.993. The van der Waals surface area contributed by atoms with Crippen LogP contribution in [0, 0.1) is 6.92 Å². The molecule has 6 heteroatoms. The Balaban J connectivity index is 1.65. The van der Waals surface area contributed by atoms with Crippen molar-refractivity contribution in [1.82, 2.24) is 4.90 Å². The lowest BCUT2D eigenvalue weighted by molar-refractivity contribution is -0.128. The van der Waals surface area contributed by atoms with Crippen molar-refractivity contribution in [3.8, 4) is 0 Å². The number of amides is 2. The molecule has 2 aromatic rings. The highest BCUT2D eigenvalue weighted by Gasteiger charge is 2.20. The van der Waals surface area contributed by atoms with Crippen LogP contribution in [0.3, 0.4) is 0 Å². The second-order valence-corrected chi connectivity index (χ2v) is 6.40. The van der Waals surface area contributed by atoms with Crippen molar-refractivity contribution >= 4 is 23.5 Å². The highest BCUT2D eigenvalue weighted by atomic mass is 16.4. The van der Waals surface area contributed by atoms with Crippen LogP contribution in [-0.2, 0) is 11.3 Å². The van der Waals surface area contributed by atoms with Crippen molar-refractivity contribution in [3.05, 3.63) is 64.7 Å². The molecule has 1 aliphatic rings. The van der Waals surface area contributed by atoms with Crippen LogP contribution in [0.1, 0.15) is 44.7 Å². The molecule has 3 rings (SSSR count). The third-order valence-electron chi connectivity index (χ3n) is 4.48. The zero-order valence-electron chi connectivity index (χ0n) is 14.5. The van der Waals surface area contributed by atoms with E-state index in [1.165, 1.54) is 6.07 Å². The molecule has 0 bridgehead atoms. The topological polar surface area (TPSA) is 86.7 Å². The van der Waals surface area contributed by atoms with Gasteiger partial charge in [-0.25, -0.2) is 4.79 Å². The molecule has 1 saturated heterocycles. The van der Waals surface area contributed by atoms with Gasteiger partial charge in [0.1, 0.15) is 0 Å². The SMILES string of the molecule is Cc1cc(NC(=O)c2ccc(CN3CCCC3=O)cc2)ccc1C(=O)O. The van der Waals surface area contributed by atoms with Crippen LogP contribution in [-0.4, -0.2) is 34.3 Å². The van der Waals surface area contributed by atoms with Gasteiger partial charge in [-0.05, 0) is 54.8 Å². The Morgan fingerprint density at radius 1 is 1.15 bits per heavy atom. The molecule has 0 atom stereocenters. The van der Waals surface area contributed by atoms with E-state index in [4.69, 9.17) is 5.11 Å². The second-order valence-electron chi connectivity index (χ2n) is 6.40. The molecule has 1 heterocycles. The lowest BCUT2D eigenvalue weighted by Gasteiger charge is -2.15. The Bertz CT molecular complexity index is 859. The van der Waals surface area contributed by atoms with E-state index < -0.39 is 5.97 Å². The number of aromatic carboxylic acids is 1. The lowest BCUT2D eigenvalue weighted by Crippen LogP contribution is -2.23. The van der Waals surface area contributed by atoms with E-state index in [0.717, 1.165) is 18.5 Å². The Kier molecular flexibility index (Phi) is 5.02. The fourth-order valence-corrected chi connectivity index (χ4v) is 3.04. The summed E-state index contributed by atoms with van der Waals surface area (Å²) in [5.41, 5.74) is 2.83. The Morgan fingerprint density at radius 3 is 2.46 bits per heavy atom. The first-order chi connectivity index (χ1) is 12.4. The van der Waals surface area contributed by atoms with Crippen LogP contribution in [0.4, 0.5) is 5.69 Å². The van der Waals surface area contributed by atoms with Gasteiger partial charge in [-0.2, -0.15) is 0 Å². The summed E-state index contributed by atoms with van der Waals surface area (Å²) in [7, 11) is 0. The molecule has 2 aromatic carbocycles. The van der Waals surface area contributed by atoms with E-state index in [2.05, 4.69) is 5.32 Å². The smallest absolute Gasteiger partial charge is 0.335 e.